The largest absolute Gasteiger partial charge is 0.493 e. The summed E-state index contributed by atoms with van der Waals surface area (Å²) in [5, 5.41) is 0.910. The maximum absolute atomic E-state index is 11.4. The van der Waals surface area contributed by atoms with Crippen molar-refractivity contribution >= 4 is 21.7 Å². The Morgan fingerprint density at radius 3 is 2.53 bits per heavy atom. The molecule has 17 heavy (non-hydrogen) atoms. The SMILES string of the molecule is CC(=O)c1ccccc1OCC(CBr)C(C)C. The number of halogens is 1. The van der Waals surface area contributed by atoms with Crippen molar-refractivity contribution in [3.8, 4) is 5.75 Å². The van der Waals surface area contributed by atoms with Crippen molar-refractivity contribution in [3.63, 3.8) is 0 Å². The van der Waals surface area contributed by atoms with Crippen LogP contribution in [0, 0.1) is 11.8 Å². The molecule has 1 atom stereocenters. The van der Waals surface area contributed by atoms with Gasteiger partial charge in [-0.25, -0.2) is 0 Å². The Labute approximate surface area is 111 Å². The highest BCUT2D eigenvalue weighted by Gasteiger charge is 2.14. The van der Waals surface area contributed by atoms with E-state index >= 15 is 0 Å². The fraction of sp³-hybridized carbons (Fsp3) is 0.500. The number of alkyl halides is 1. The molecule has 0 heterocycles. The molecule has 94 valence electrons. The summed E-state index contributed by atoms with van der Waals surface area (Å²) in [7, 11) is 0. The number of Topliss-reactive ketones (excluding diaryl/α,β-unsaturated/α-hetero) is 1. The second kappa shape index (κ2) is 6.80. The smallest absolute Gasteiger partial charge is 0.163 e. The first-order chi connectivity index (χ1) is 8.06. The van der Waals surface area contributed by atoms with E-state index in [2.05, 4.69) is 29.8 Å². The molecule has 0 aliphatic carbocycles. The predicted octanol–water partition coefficient (Wildman–Crippen LogP) is 3.94. The van der Waals surface area contributed by atoms with Crippen LogP contribution in [0.25, 0.3) is 0 Å². The highest BCUT2D eigenvalue weighted by atomic mass is 79.9. The zero-order chi connectivity index (χ0) is 12.8. The zero-order valence-corrected chi connectivity index (χ0v) is 12.2. The van der Waals surface area contributed by atoms with Crippen molar-refractivity contribution < 1.29 is 9.53 Å². The number of hydrogen-bond acceptors (Lipinski definition) is 2. The third-order valence-electron chi connectivity index (χ3n) is 2.86. The molecule has 3 heteroatoms. The maximum atomic E-state index is 11.4. The number of benzene rings is 1. The minimum absolute atomic E-state index is 0.0422. The van der Waals surface area contributed by atoms with Gasteiger partial charge in [0, 0.05) is 11.2 Å². The van der Waals surface area contributed by atoms with Crippen molar-refractivity contribution in [2.45, 2.75) is 20.8 Å². The normalized spacial score (nSPS) is 12.5. The molecule has 0 fully saturated rings. The van der Waals surface area contributed by atoms with E-state index in [0.717, 1.165) is 5.33 Å². The Kier molecular flexibility index (Phi) is 5.69. The monoisotopic (exact) mass is 298 g/mol. The Hall–Kier alpha value is -0.830. The van der Waals surface area contributed by atoms with E-state index < -0.39 is 0 Å². The van der Waals surface area contributed by atoms with Crippen LogP contribution in [0.4, 0.5) is 0 Å². The topological polar surface area (TPSA) is 26.3 Å². The van der Waals surface area contributed by atoms with Crippen molar-refractivity contribution in [2.75, 3.05) is 11.9 Å². The van der Waals surface area contributed by atoms with Gasteiger partial charge in [-0.1, -0.05) is 41.9 Å². The first-order valence-electron chi connectivity index (χ1n) is 5.85. The summed E-state index contributed by atoms with van der Waals surface area (Å²) < 4.78 is 5.76. The molecule has 0 aliphatic rings. The number of rotatable bonds is 6. The zero-order valence-electron chi connectivity index (χ0n) is 10.6. The van der Waals surface area contributed by atoms with E-state index in [4.69, 9.17) is 4.74 Å². The number of ether oxygens (including phenoxy) is 1. The van der Waals surface area contributed by atoms with Crippen LogP contribution < -0.4 is 4.74 Å². The molecule has 0 bridgehead atoms. The Morgan fingerprint density at radius 2 is 2.00 bits per heavy atom. The third kappa shape index (κ3) is 4.15. The van der Waals surface area contributed by atoms with Gasteiger partial charge in [-0.05, 0) is 25.0 Å². The van der Waals surface area contributed by atoms with Gasteiger partial charge in [0.15, 0.2) is 5.78 Å². The van der Waals surface area contributed by atoms with Crippen LogP contribution in [-0.4, -0.2) is 17.7 Å². The van der Waals surface area contributed by atoms with E-state index in [1.165, 1.54) is 0 Å². The van der Waals surface area contributed by atoms with Gasteiger partial charge in [-0.3, -0.25) is 4.79 Å². The van der Waals surface area contributed by atoms with Gasteiger partial charge in [-0.15, -0.1) is 0 Å². The Morgan fingerprint density at radius 1 is 1.35 bits per heavy atom. The predicted molar refractivity (Wildman–Crippen MR) is 74.1 cm³/mol. The van der Waals surface area contributed by atoms with Gasteiger partial charge in [0.1, 0.15) is 5.75 Å². The summed E-state index contributed by atoms with van der Waals surface area (Å²) in [6, 6.07) is 7.40. The average Bonchev–Trinajstić information content (AvgIpc) is 2.29. The van der Waals surface area contributed by atoms with Crippen molar-refractivity contribution in [1.29, 1.82) is 0 Å². The van der Waals surface area contributed by atoms with E-state index in [1.54, 1.807) is 13.0 Å². The van der Waals surface area contributed by atoms with Gasteiger partial charge < -0.3 is 4.74 Å². The number of para-hydroxylation sites is 1. The van der Waals surface area contributed by atoms with E-state index in [-0.39, 0.29) is 5.78 Å². The third-order valence-corrected chi connectivity index (χ3v) is 3.69. The Balaban J connectivity index is 2.72. The lowest BCUT2D eigenvalue weighted by atomic mass is 9.99. The van der Waals surface area contributed by atoms with Gasteiger partial charge in [0.05, 0.1) is 12.2 Å². The molecule has 0 aromatic heterocycles. The summed E-state index contributed by atoms with van der Waals surface area (Å²) in [6.07, 6.45) is 0. The molecule has 1 aromatic rings. The van der Waals surface area contributed by atoms with Crippen LogP contribution in [0.2, 0.25) is 0 Å². The molecule has 1 rings (SSSR count). The summed E-state index contributed by atoms with van der Waals surface area (Å²) in [5.74, 6) is 1.74. The molecule has 0 saturated carbocycles. The summed E-state index contributed by atoms with van der Waals surface area (Å²) in [4.78, 5) is 11.4. The highest BCUT2D eigenvalue weighted by Crippen LogP contribution is 2.21. The van der Waals surface area contributed by atoms with E-state index in [9.17, 15) is 4.79 Å². The molecule has 0 saturated heterocycles. The van der Waals surface area contributed by atoms with Crippen LogP contribution in [-0.2, 0) is 0 Å². The molecule has 1 unspecified atom stereocenters. The van der Waals surface area contributed by atoms with E-state index in [1.807, 2.05) is 18.2 Å². The standard InChI is InChI=1S/C14H19BrO2/c1-10(2)12(8-15)9-17-14-7-5-4-6-13(14)11(3)16/h4-7,10,12H,8-9H2,1-3H3. The number of carbonyl (C=O) groups is 1. The van der Waals surface area contributed by atoms with Crippen molar-refractivity contribution in [2.24, 2.45) is 11.8 Å². The molecule has 0 N–H and O–H groups in total. The van der Waals surface area contributed by atoms with Gasteiger partial charge in [0.25, 0.3) is 0 Å². The first kappa shape index (κ1) is 14.2. The summed E-state index contributed by atoms with van der Waals surface area (Å²) >= 11 is 3.49. The number of carbonyl (C=O) groups excluding carboxylic acids is 1. The minimum Gasteiger partial charge on any atom is -0.493 e. The molecular weight excluding hydrogens is 280 g/mol. The maximum Gasteiger partial charge on any atom is 0.163 e. The lowest BCUT2D eigenvalue weighted by Gasteiger charge is -2.19. The first-order valence-corrected chi connectivity index (χ1v) is 6.97. The molecule has 0 aliphatic heterocycles. The fourth-order valence-electron chi connectivity index (χ4n) is 1.50. The molecule has 0 radical (unpaired) electrons. The second-order valence-corrected chi connectivity index (χ2v) is 5.17. The molecule has 1 aromatic carbocycles. The van der Waals surface area contributed by atoms with Gasteiger partial charge in [-0.2, -0.15) is 0 Å². The van der Waals surface area contributed by atoms with Crippen LogP contribution in [0.15, 0.2) is 24.3 Å². The molecule has 0 spiro atoms. The van der Waals surface area contributed by atoms with Gasteiger partial charge >= 0.3 is 0 Å². The molecular formula is C14H19BrO2. The molecule has 0 amide bonds. The number of ketones is 1. The van der Waals surface area contributed by atoms with Crippen LogP contribution >= 0.6 is 15.9 Å². The summed E-state index contributed by atoms with van der Waals surface area (Å²) in [5.41, 5.74) is 0.657. The molecule has 2 nitrogen and oxygen atoms in total. The van der Waals surface area contributed by atoms with Crippen LogP contribution in [0.3, 0.4) is 0 Å². The van der Waals surface area contributed by atoms with Crippen LogP contribution in [0.5, 0.6) is 5.75 Å². The lowest BCUT2D eigenvalue weighted by molar-refractivity contribution is 0.101. The average molecular weight is 299 g/mol. The quantitative estimate of drug-likeness (QED) is 0.587. The fourth-order valence-corrected chi connectivity index (χ4v) is 2.43. The highest BCUT2D eigenvalue weighted by molar-refractivity contribution is 9.09. The number of hydrogen-bond donors (Lipinski definition) is 0. The summed E-state index contributed by atoms with van der Waals surface area (Å²) in [6.45, 7) is 6.54. The minimum atomic E-state index is 0.0422. The second-order valence-electron chi connectivity index (χ2n) is 4.52. The van der Waals surface area contributed by atoms with E-state index in [0.29, 0.717) is 29.8 Å². The van der Waals surface area contributed by atoms with Gasteiger partial charge in [0.2, 0.25) is 0 Å². The van der Waals surface area contributed by atoms with Crippen molar-refractivity contribution in [3.05, 3.63) is 29.8 Å². The van der Waals surface area contributed by atoms with Crippen LogP contribution in [0.1, 0.15) is 31.1 Å². The Bertz CT molecular complexity index is 374. The van der Waals surface area contributed by atoms with Crippen molar-refractivity contribution in [1.82, 2.24) is 0 Å². The lowest BCUT2D eigenvalue weighted by Crippen LogP contribution is -2.19.